The van der Waals surface area contributed by atoms with Crippen molar-refractivity contribution < 1.29 is 13.6 Å². The lowest BCUT2D eigenvalue weighted by Gasteiger charge is -2.21. The molecule has 0 aliphatic heterocycles. The summed E-state index contributed by atoms with van der Waals surface area (Å²) < 4.78 is 18.8. The van der Waals surface area contributed by atoms with E-state index in [9.17, 15) is 9.18 Å². The first-order chi connectivity index (χ1) is 14.0. The van der Waals surface area contributed by atoms with E-state index in [1.807, 2.05) is 6.07 Å². The van der Waals surface area contributed by atoms with Crippen LogP contribution in [0.2, 0.25) is 5.02 Å². The van der Waals surface area contributed by atoms with Gasteiger partial charge in [-0.25, -0.2) is 4.39 Å². The number of aromatic nitrogens is 2. The second-order valence-electron chi connectivity index (χ2n) is 5.93. The minimum atomic E-state index is -0.542. The molecule has 1 heterocycles. The Morgan fingerprint density at radius 2 is 2.00 bits per heavy atom. The summed E-state index contributed by atoms with van der Waals surface area (Å²) in [7, 11) is 0. The molecule has 2 aromatic carbocycles. The van der Waals surface area contributed by atoms with Crippen LogP contribution in [0.15, 0.2) is 51.8 Å². The van der Waals surface area contributed by atoms with Gasteiger partial charge in [-0.15, -0.1) is 16.9 Å². The van der Waals surface area contributed by atoms with Gasteiger partial charge in [-0.05, 0) is 29.8 Å². The van der Waals surface area contributed by atoms with Crippen LogP contribution < -0.4 is 5.73 Å². The van der Waals surface area contributed by atoms with Crippen LogP contribution in [0.4, 0.5) is 10.4 Å². The SMILES string of the molecule is N#Cc1ccc(CN(Cc2nnc(N)o2)C(=O)CSc2cccc(F)c2Cl)cc1. The molecule has 0 aliphatic carbocycles. The van der Waals surface area contributed by atoms with Crippen LogP contribution in [0.25, 0.3) is 0 Å². The summed E-state index contributed by atoms with van der Waals surface area (Å²) in [5.41, 5.74) is 6.79. The van der Waals surface area contributed by atoms with Gasteiger partial charge in [0, 0.05) is 11.4 Å². The third kappa shape index (κ3) is 5.47. The van der Waals surface area contributed by atoms with Gasteiger partial charge in [-0.3, -0.25) is 4.79 Å². The first-order valence-electron chi connectivity index (χ1n) is 8.37. The van der Waals surface area contributed by atoms with Crippen LogP contribution >= 0.6 is 23.4 Å². The molecule has 0 saturated heterocycles. The number of nitriles is 1. The molecule has 0 radical (unpaired) electrons. The van der Waals surface area contributed by atoms with Gasteiger partial charge in [0.15, 0.2) is 0 Å². The van der Waals surface area contributed by atoms with Crippen molar-refractivity contribution in [3.8, 4) is 6.07 Å². The summed E-state index contributed by atoms with van der Waals surface area (Å²) in [4.78, 5) is 14.8. The largest absolute Gasteiger partial charge is 0.406 e. The monoisotopic (exact) mass is 431 g/mol. The van der Waals surface area contributed by atoms with Crippen LogP contribution in [0.1, 0.15) is 17.0 Å². The minimum absolute atomic E-state index is 0.0198. The molecular weight excluding hydrogens is 417 g/mol. The Labute approximate surface area is 175 Å². The number of amides is 1. The van der Waals surface area contributed by atoms with Gasteiger partial charge in [0.25, 0.3) is 0 Å². The Morgan fingerprint density at radius 1 is 1.24 bits per heavy atom. The van der Waals surface area contributed by atoms with Gasteiger partial charge in [0.2, 0.25) is 11.8 Å². The summed E-state index contributed by atoms with van der Waals surface area (Å²) in [5, 5.41) is 16.3. The molecule has 3 aromatic rings. The van der Waals surface area contributed by atoms with E-state index in [1.165, 1.54) is 17.0 Å². The van der Waals surface area contributed by atoms with E-state index in [4.69, 9.17) is 27.0 Å². The highest BCUT2D eigenvalue weighted by atomic mass is 35.5. The molecule has 10 heteroatoms. The molecule has 1 amide bonds. The van der Waals surface area contributed by atoms with E-state index < -0.39 is 5.82 Å². The van der Waals surface area contributed by atoms with E-state index in [0.717, 1.165) is 17.3 Å². The smallest absolute Gasteiger partial charge is 0.312 e. The van der Waals surface area contributed by atoms with Gasteiger partial charge in [0.05, 0.1) is 29.0 Å². The van der Waals surface area contributed by atoms with Gasteiger partial charge in [-0.2, -0.15) is 5.26 Å². The maximum absolute atomic E-state index is 13.6. The van der Waals surface area contributed by atoms with E-state index >= 15 is 0 Å². The van der Waals surface area contributed by atoms with Crippen molar-refractivity contribution in [2.45, 2.75) is 18.0 Å². The molecule has 148 valence electrons. The molecule has 7 nitrogen and oxygen atoms in total. The molecule has 3 rings (SSSR count). The topological polar surface area (TPSA) is 109 Å². The van der Waals surface area contributed by atoms with Crippen molar-refractivity contribution in [1.82, 2.24) is 15.1 Å². The molecular formula is C19H15ClFN5O2S. The molecule has 0 spiro atoms. The van der Waals surface area contributed by atoms with Crippen molar-refractivity contribution in [2.75, 3.05) is 11.5 Å². The van der Waals surface area contributed by atoms with Crippen LogP contribution in [-0.2, 0) is 17.9 Å². The quantitative estimate of drug-likeness (QED) is 0.568. The van der Waals surface area contributed by atoms with Crippen molar-refractivity contribution >= 4 is 35.3 Å². The summed E-state index contributed by atoms with van der Waals surface area (Å²) >= 11 is 7.09. The van der Waals surface area contributed by atoms with Crippen molar-refractivity contribution in [2.24, 2.45) is 0 Å². The average molecular weight is 432 g/mol. The molecule has 0 aliphatic rings. The van der Waals surface area contributed by atoms with Crippen molar-refractivity contribution in [1.29, 1.82) is 5.26 Å². The average Bonchev–Trinajstić information content (AvgIpc) is 3.13. The highest BCUT2D eigenvalue weighted by Gasteiger charge is 2.19. The number of anilines is 1. The van der Waals surface area contributed by atoms with Crippen molar-refractivity contribution in [3.63, 3.8) is 0 Å². The lowest BCUT2D eigenvalue weighted by atomic mass is 10.1. The fourth-order valence-corrected chi connectivity index (χ4v) is 3.61. The fraction of sp³-hybridized carbons (Fsp3) is 0.158. The van der Waals surface area contributed by atoms with E-state index in [-0.39, 0.29) is 41.7 Å². The number of thioether (sulfide) groups is 1. The number of benzene rings is 2. The standard InChI is InChI=1S/C19H15ClFN5O2S/c20-18-14(21)2-1-3-15(18)29-11-17(27)26(10-16-24-25-19(23)28-16)9-13-6-4-12(8-22)5-7-13/h1-7H,9-11H2,(H2,23,25). The number of hydrogen-bond acceptors (Lipinski definition) is 7. The van der Waals surface area contributed by atoms with Crippen LogP contribution in [-0.4, -0.2) is 26.8 Å². The first-order valence-corrected chi connectivity index (χ1v) is 9.74. The summed E-state index contributed by atoms with van der Waals surface area (Å²) in [6.45, 7) is 0.310. The van der Waals surface area contributed by atoms with Crippen LogP contribution in [0.5, 0.6) is 0 Å². The highest BCUT2D eigenvalue weighted by molar-refractivity contribution is 8.00. The predicted molar refractivity (Wildman–Crippen MR) is 106 cm³/mol. The van der Waals surface area contributed by atoms with E-state index in [2.05, 4.69) is 10.2 Å². The molecule has 2 N–H and O–H groups in total. The number of nitrogens with two attached hydrogens (primary N) is 1. The Balaban J connectivity index is 1.74. The lowest BCUT2D eigenvalue weighted by molar-refractivity contribution is -0.129. The number of hydrogen-bond donors (Lipinski definition) is 1. The van der Waals surface area contributed by atoms with Crippen LogP contribution in [0.3, 0.4) is 0 Å². The third-order valence-electron chi connectivity index (χ3n) is 3.89. The maximum atomic E-state index is 13.6. The Hall–Kier alpha value is -3.09. The van der Waals surface area contributed by atoms with Crippen molar-refractivity contribution in [3.05, 3.63) is 70.3 Å². The number of carbonyl (C=O) groups excluding carboxylic acids is 1. The molecule has 29 heavy (non-hydrogen) atoms. The number of nitrogens with zero attached hydrogens (tertiary/aromatic N) is 4. The van der Waals surface area contributed by atoms with Crippen LogP contribution in [0, 0.1) is 17.1 Å². The molecule has 0 atom stereocenters. The normalized spacial score (nSPS) is 10.5. The van der Waals surface area contributed by atoms with Gasteiger partial charge >= 0.3 is 6.01 Å². The Bertz CT molecular complexity index is 1050. The highest BCUT2D eigenvalue weighted by Crippen LogP contribution is 2.29. The molecule has 1 aromatic heterocycles. The Kier molecular flexibility index (Phi) is 6.69. The second-order valence-corrected chi connectivity index (χ2v) is 7.33. The Morgan fingerprint density at radius 3 is 2.66 bits per heavy atom. The molecule has 0 bridgehead atoms. The zero-order valence-electron chi connectivity index (χ0n) is 15.0. The second kappa shape index (κ2) is 9.41. The number of halogens is 2. The van der Waals surface area contributed by atoms with E-state index in [0.29, 0.717) is 10.5 Å². The lowest BCUT2D eigenvalue weighted by Crippen LogP contribution is -2.31. The van der Waals surface area contributed by atoms with Gasteiger partial charge in [0.1, 0.15) is 5.82 Å². The zero-order chi connectivity index (χ0) is 20.8. The van der Waals surface area contributed by atoms with Gasteiger partial charge in [-0.1, -0.05) is 34.9 Å². The van der Waals surface area contributed by atoms with E-state index in [1.54, 1.807) is 30.3 Å². The third-order valence-corrected chi connectivity index (χ3v) is 5.42. The summed E-state index contributed by atoms with van der Waals surface area (Å²) in [6, 6.07) is 13.3. The maximum Gasteiger partial charge on any atom is 0.312 e. The van der Waals surface area contributed by atoms with Gasteiger partial charge < -0.3 is 15.1 Å². The first kappa shape index (κ1) is 20.6. The summed E-state index contributed by atoms with van der Waals surface area (Å²) in [6.07, 6.45) is 0. The fourth-order valence-electron chi connectivity index (χ4n) is 2.46. The molecule has 0 fully saturated rings. The minimum Gasteiger partial charge on any atom is -0.406 e. The molecule has 0 unspecified atom stereocenters. The number of rotatable bonds is 7. The number of carbonyl (C=O) groups is 1. The molecule has 0 saturated carbocycles. The predicted octanol–water partition coefficient (Wildman–Crippen LogP) is 3.64. The number of nitrogen functional groups attached to an aromatic ring is 1. The summed E-state index contributed by atoms with van der Waals surface area (Å²) in [5.74, 6) is -0.557. The zero-order valence-corrected chi connectivity index (χ0v) is 16.6.